The predicted molar refractivity (Wildman–Crippen MR) is 185 cm³/mol. The number of nitrogens with one attached hydrogen (secondary N) is 4. The topological polar surface area (TPSA) is 177 Å². The van der Waals surface area contributed by atoms with Crippen molar-refractivity contribution < 1.29 is 32.4 Å². The zero-order valence-corrected chi connectivity index (χ0v) is 30.5. The molecular formula is C34H57N7O7S. The van der Waals surface area contributed by atoms with Crippen molar-refractivity contribution in [2.24, 2.45) is 17.3 Å². The molecule has 4 fully saturated rings. The number of carbonyl (C=O) groups excluding carboxylic acids is 5. The maximum absolute atomic E-state index is 14.3. The van der Waals surface area contributed by atoms with E-state index in [-0.39, 0.29) is 30.8 Å². The Morgan fingerprint density at radius 3 is 2.20 bits per heavy atom. The van der Waals surface area contributed by atoms with Gasteiger partial charge in [-0.1, -0.05) is 59.0 Å². The van der Waals surface area contributed by atoms with Crippen LogP contribution in [0.25, 0.3) is 0 Å². The summed E-state index contributed by atoms with van der Waals surface area (Å²) in [4.78, 5) is 68.7. The molecule has 4 aliphatic rings. The Balaban J connectivity index is 1.48. The minimum atomic E-state index is -3.65. The van der Waals surface area contributed by atoms with E-state index in [1.165, 1.54) is 19.6 Å². The molecule has 2 saturated heterocycles. The van der Waals surface area contributed by atoms with Crippen LogP contribution in [0.4, 0.5) is 4.79 Å². The molecule has 15 heteroatoms. The third kappa shape index (κ3) is 10.3. The first kappa shape index (κ1) is 38.8. The molecular weight excluding hydrogens is 650 g/mol. The summed E-state index contributed by atoms with van der Waals surface area (Å²) < 4.78 is 28.7. The zero-order valence-electron chi connectivity index (χ0n) is 29.7. The lowest BCUT2D eigenvalue weighted by Crippen LogP contribution is -2.61. The second kappa shape index (κ2) is 16.8. The summed E-state index contributed by atoms with van der Waals surface area (Å²) in [6, 6.07) is -3.82. The molecule has 5 amide bonds. The van der Waals surface area contributed by atoms with Gasteiger partial charge in [0.2, 0.25) is 17.6 Å². The fourth-order valence-electron chi connectivity index (χ4n) is 7.09. The SMILES string of the molecule is C=CCNC(=O)C(=O)C(CC1CC1)NC(=O)[C@@H]1CCCN1C(=O)[C@@H](NC(=O)N[C@H](CN1CCCN(C)S1(=O)=O)C(C)(C)C)C1CCCCC1. The second-order valence-electron chi connectivity index (χ2n) is 15.2. The van der Waals surface area contributed by atoms with Crippen molar-refractivity contribution in [1.82, 2.24) is 34.8 Å². The average molecular weight is 708 g/mol. The Morgan fingerprint density at radius 2 is 1.57 bits per heavy atom. The second-order valence-corrected chi connectivity index (χ2v) is 17.3. The molecule has 4 N–H and O–H groups in total. The van der Waals surface area contributed by atoms with Gasteiger partial charge in [-0.15, -0.1) is 6.58 Å². The van der Waals surface area contributed by atoms with Gasteiger partial charge in [0.05, 0.1) is 6.04 Å². The number of carbonyl (C=O) groups is 5. The first-order chi connectivity index (χ1) is 23.1. The summed E-state index contributed by atoms with van der Waals surface area (Å²) in [5.41, 5.74) is -0.498. The van der Waals surface area contributed by atoms with Gasteiger partial charge in [-0.2, -0.15) is 17.0 Å². The maximum atomic E-state index is 14.3. The third-order valence-electron chi connectivity index (χ3n) is 10.4. The van der Waals surface area contributed by atoms with Crippen LogP contribution in [0.5, 0.6) is 0 Å². The number of nitrogens with zero attached hydrogens (tertiary/aromatic N) is 3. The quantitative estimate of drug-likeness (QED) is 0.157. The zero-order chi connectivity index (χ0) is 35.9. The molecule has 0 radical (unpaired) electrons. The van der Waals surface area contributed by atoms with Gasteiger partial charge in [0.25, 0.3) is 16.1 Å². The van der Waals surface area contributed by atoms with Crippen LogP contribution in [0.15, 0.2) is 12.7 Å². The number of hydrogen-bond acceptors (Lipinski definition) is 7. The molecule has 0 bridgehead atoms. The number of Topliss-reactive ketones (excluding diaryl/α,β-unsaturated/α-hetero) is 1. The smallest absolute Gasteiger partial charge is 0.315 e. The summed E-state index contributed by atoms with van der Waals surface area (Å²) in [6.45, 7) is 10.7. The molecule has 2 aliphatic heterocycles. The standard InChI is InChI=1S/C34H57N7O7S/c1-6-17-35-31(44)29(42)25(21-23-15-16-23)36-30(43)26-14-10-20-41(26)32(45)28(24-12-8-7-9-13-24)38-33(46)37-27(34(2,3)4)22-40-19-11-18-39(5)49(40,47)48/h6,23-28H,1,7-22H2,2-5H3,(H,35,44)(H,36,43)(H2,37,38,46)/t25?,26-,27+,28-/m0/s1. The van der Waals surface area contributed by atoms with Crippen LogP contribution >= 0.6 is 0 Å². The van der Waals surface area contributed by atoms with Crippen LogP contribution < -0.4 is 21.3 Å². The van der Waals surface area contributed by atoms with Gasteiger partial charge in [-0.3, -0.25) is 19.2 Å². The number of rotatable bonds is 14. The molecule has 4 atom stereocenters. The molecule has 0 spiro atoms. The van der Waals surface area contributed by atoms with Crippen molar-refractivity contribution in [3.63, 3.8) is 0 Å². The van der Waals surface area contributed by atoms with E-state index in [1.807, 2.05) is 20.8 Å². The summed E-state index contributed by atoms with van der Waals surface area (Å²) in [6.07, 6.45) is 9.75. The highest BCUT2D eigenvalue weighted by Crippen LogP contribution is 2.34. The molecule has 1 unspecified atom stereocenters. The molecule has 0 aromatic heterocycles. The van der Waals surface area contributed by atoms with E-state index in [4.69, 9.17) is 0 Å². The van der Waals surface area contributed by atoms with Crippen molar-refractivity contribution in [1.29, 1.82) is 0 Å². The number of ketones is 1. The van der Waals surface area contributed by atoms with Crippen LogP contribution in [0.2, 0.25) is 0 Å². The molecule has 0 aromatic carbocycles. The largest absolute Gasteiger partial charge is 0.346 e. The average Bonchev–Trinajstić information content (AvgIpc) is 3.74. The molecule has 49 heavy (non-hydrogen) atoms. The van der Waals surface area contributed by atoms with E-state index in [1.54, 1.807) is 7.05 Å². The van der Waals surface area contributed by atoms with E-state index in [0.29, 0.717) is 45.3 Å². The minimum absolute atomic E-state index is 0.0896. The van der Waals surface area contributed by atoms with E-state index >= 15 is 0 Å². The van der Waals surface area contributed by atoms with Gasteiger partial charge in [-0.05, 0) is 55.8 Å². The normalized spacial score (nSPS) is 23.9. The van der Waals surface area contributed by atoms with Crippen LogP contribution in [0, 0.1) is 17.3 Å². The highest BCUT2D eigenvalue weighted by Gasteiger charge is 2.43. The van der Waals surface area contributed by atoms with Gasteiger partial charge in [0, 0.05) is 45.8 Å². The van der Waals surface area contributed by atoms with Crippen LogP contribution in [0.1, 0.15) is 91.4 Å². The molecule has 14 nitrogen and oxygen atoms in total. The van der Waals surface area contributed by atoms with E-state index in [9.17, 15) is 32.4 Å². The lowest BCUT2D eigenvalue weighted by Gasteiger charge is -2.39. The Kier molecular flexibility index (Phi) is 13.3. The van der Waals surface area contributed by atoms with Crippen molar-refractivity contribution >= 4 is 39.7 Å². The third-order valence-corrected chi connectivity index (χ3v) is 12.3. The number of likely N-dealkylation sites (tertiary alicyclic amines) is 1. The maximum Gasteiger partial charge on any atom is 0.315 e. The fourth-order valence-corrected chi connectivity index (χ4v) is 8.54. The van der Waals surface area contributed by atoms with Gasteiger partial charge >= 0.3 is 6.03 Å². The monoisotopic (exact) mass is 707 g/mol. The Labute approximate surface area is 291 Å². The van der Waals surface area contributed by atoms with Crippen molar-refractivity contribution in [3.8, 4) is 0 Å². The molecule has 276 valence electrons. The first-order valence-corrected chi connectivity index (χ1v) is 19.4. The van der Waals surface area contributed by atoms with Crippen molar-refractivity contribution in [2.45, 2.75) is 116 Å². The van der Waals surface area contributed by atoms with Gasteiger partial charge < -0.3 is 26.2 Å². The number of urea groups is 1. The van der Waals surface area contributed by atoms with Gasteiger partial charge in [-0.25, -0.2) is 4.79 Å². The Bertz CT molecular complexity index is 1340. The lowest BCUT2D eigenvalue weighted by molar-refractivity contribution is -0.143. The predicted octanol–water partition coefficient (Wildman–Crippen LogP) is 1.68. The summed E-state index contributed by atoms with van der Waals surface area (Å²) in [5, 5.41) is 11.2. The highest BCUT2D eigenvalue weighted by atomic mass is 32.2. The molecule has 4 rings (SSSR count). The summed E-state index contributed by atoms with van der Waals surface area (Å²) >= 11 is 0. The van der Waals surface area contributed by atoms with Crippen LogP contribution in [-0.4, -0.2) is 115 Å². The highest BCUT2D eigenvalue weighted by molar-refractivity contribution is 7.86. The van der Waals surface area contributed by atoms with E-state index < -0.39 is 63.4 Å². The molecule has 0 aromatic rings. The van der Waals surface area contributed by atoms with Gasteiger partial charge in [0.1, 0.15) is 12.1 Å². The lowest BCUT2D eigenvalue weighted by atomic mass is 9.83. The van der Waals surface area contributed by atoms with Crippen molar-refractivity contribution in [2.75, 3.05) is 39.8 Å². The molecule has 2 heterocycles. The molecule has 2 saturated carbocycles. The summed E-state index contributed by atoms with van der Waals surface area (Å²) in [5.74, 6) is -2.19. The van der Waals surface area contributed by atoms with Crippen LogP contribution in [-0.2, 0) is 29.4 Å². The Morgan fingerprint density at radius 1 is 0.878 bits per heavy atom. The van der Waals surface area contributed by atoms with Gasteiger partial charge in [0.15, 0.2) is 0 Å². The van der Waals surface area contributed by atoms with Crippen molar-refractivity contribution in [3.05, 3.63) is 12.7 Å². The number of amides is 5. The fraction of sp³-hybridized carbons (Fsp3) is 0.794. The molecule has 2 aliphatic carbocycles. The van der Waals surface area contributed by atoms with E-state index in [2.05, 4.69) is 27.8 Å². The minimum Gasteiger partial charge on any atom is -0.346 e. The summed E-state index contributed by atoms with van der Waals surface area (Å²) in [7, 11) is -2.10. The first-order valence-electron chi connectivity index (χ1n) is 18.0. The number of hydrogen-bond donors (Lipinski definition) is 4. The van der Waals surface area contributed by atoms with Crippen LogP contribution in [0.3, 0.4) is 0 Å². The Hall–Kier alpha value is -3.04. The van der Waals surface area contributed by atoms with E-state index in [0.717, 1.165) is 44.9 Å².